The van der Waals surface area contributed by atoms with Crippen LogP contribution in [0, 0.1) is 0 Å². The van der Waals surface area contributed by atoms with E-state index in [1.54, 1.807) is 18.2 Å². The third-order valence-electron chi connectivity index (χ3n) is 3.28. The Morgan fingerprint density at radius 1 is 1.40 bits per heavy atom. The number of halogens is 1. The predicted molar refractivity (Wildman–Crippen MR) is 78.4 cm³/mol. The van der Waals surface area contributed by atoms with Crippen LogP contribution in [-0.2, 0) is 10.3 Å². The molecule has 2 N–H and O–H groups in total. The summed E-state index contributed by atoms with van der Waals surface area (Å²) in [5.41, 5.74) is 6.52. The third-order valence-corrected chi connectivity index (χ3v) is 3.52. The Labute approximate surface area is 123 Å². The van der Waals surface area contributed by atoms with Crippen molar-refractivity contribution in [2.45, 2.75) is 32.8 Å². The summed E-state index contributed by atoms with van der Waals surface area (Å²) in [6.07, 6.45) is 0.741. The van der Waals surface area contributed by atoms with Crippen LogP contribution < -0.4 is 5.73 Å². The Bertz CT molecular complexity index is 600. The Morgan fingerprint density at radius 3 is 2.80 bits per heavy atom. The fourth-order valence-electron chi connectivity index (χ4n) is 1.90. The molecule has 0 radical (unpaired) electrons. The summed E-state index contributed by atoms with van der Waals surface area (Å²) < 4.78 is 11.0. The third kappa shape index (κ3) is 2.78. The molecule has 0 fully saturated rings. The van der Waals surface area contributed by atoms with Crippen molar-refractivity contribution < 1.29 is 9.26 Å². The van der Waals surface area contributed by atoms with Crippen LogP contribution in [0.25, 0.3) is 11.5 Å². The van der Waals surface area contributed by atoms with E-state index in [2.05, 4.69) is 10.1 Å². The van der Waals surface area contributed by atoms with E-state index in [9.17, 15) is 0 Å². The van der Waals surface area contributed by atoms with Crippen molar-refractivity contribution in [2.75, 3.05) is 12.3 Å². The van der Waals surface area contributed by atoms with E-state index >= 15 is 0 Å². The molecular formula is C14H18ClN3O2. The van der Waals surface area contributed by atoms with Crippen molar-refractivity contribution in [3.63, 3.8) is 0 Å². The summed E-state index contributed by atoms with van der Waals surface area (Å²) in [6, 6.07) is 5.13. The van der Waals surface area contributed by atoms with Crippen molar-refractivity contribution in [3.05, 3.63) is 29.0 Å². The van der Waals surface area contributed by atoms with Crippen LogP contribution in [0.15, 0.2) is 22.7 Å². The molecule has 1 heterocycles. The molecule has 1 atom stereocenters. The maximum absolute atomic E-state index is 5.97. The summed E-state index contributed by atoms with van der Waals surface area (Å²) in [6.45, 7) is 6.46. The molecule has 2 aromatic rings. The van der Waals surface area contributed by atoms with E-state index in [1.165, 1.54) is 0 Å². The average molecular weight is 296 g/mol. The van der Waals surface area contributed by atoms with Gasteiger partial charge in [-0.3, -0.25) is 0 Å². The maximum atomic E-state index is 5.97. The highest BCUT2D eigenvalue weighted by molar-refractivity contribution is 6.31. The molecule has 0 aliphatic carbocycles. The van der Waals surface area contributed by atoms with Crippen molar-refractivity contribution in [2.24, 2.45) is 0 Å². The smallest absolute Gasteiger partial charge is 0.260 e. The van der Waals surface area contributed by atoms with Crippen LogP contribution in [-0.4, -0.2) is 16.7 Å². The number of anilines is 1. The molecule has 1 aromatic heterocycles. The first-order valence-corrected chi connectivity index (χ1v) is 6.91. The molecule has 0 spiro atoms. The minimum absolute atomic E-state index is 0.347. The number of nitrogens with two attached hydrogens (primary N) is 1. The highest BCUT2D eigenvalue weighted by Gasteiger charge is 2.31. The normalized spacial score (nSPS) is 14.2. The lowest BCUT2D eigenvalue weighted by atomic mass is 10.0. The Morgan fingerprint density at radius 2 is 2.15 bits per heavy atom. The summed E-state index contributed by atoms with van der Waals surface area (Å²) in [4.78, 5) is 4.40. The second-order valence-electron chi connectivity index (χ2n) is 4.67. The number of aromatic nitrogens is 2. The van der Waals surface area contributed by atoms with Crippen LogP contribution in [0.5, 0.6) is 0 Å². The minimum atomic E-state index is -0.566. The molecular weight excluding hydrogens is 278 g/mol. The molecule has 108 valence electrons. The highest BCUT2D eigenvalue weighted by atomic mass is 35.5. The zero-order valence-corrected chi connectivity index (χ0v) is 12.6. The topological polar surface area (TPSA) is 74.2 Å². The lowest BCUT2D eigenvalue weighted by Crippen LogP contribution is -2.26. The largest absolute Gasteiger partial charge is 0.398 e. The predicted octanol–water partition coefficient (Wildman–Crippen LogP) is 3.63. The zero-order valence-electron chi connectivity index (χ0n) is 11.8. The number of nitrogens with zero attached hydrogens (tertiary/aromatic N) is 2. The summed E-state index contributed by atoms with van der Waals surface area (Å²) in [5, 5.41) is 4.58. The lowest BCUT2D eigenvalue weighted by molar-refractivity contribution is -0.0403. The van der Waals surface area contributed by atoms with Gasteiger partial charge in [-0.2, -0.15) is 4.98 Å². The fraction of sp³-hybridized carbons (Fsp3) is 0.429. The van der Waals surface area contributed by atoms with Crippen molar-refractivity contribution in [1.82, 2.24) is 10.1 Å². The molecule has 0 saturated carbocycles. The van der Waals surface area contributed by atoms with Gasteiger partial charge in [-0.05, 0) is 38.5 Å². The quantitative estimate of drug-likeness (QED) is 0.853. The van der Waals surface area contributed by atoms with Gasteiger partial charge in [-0.15, -0.1) is 0 Å². The number of ether oxygens (including phenoxy) is 1. The van der Waals surface area contributed by atoms with Gasteiger partial charge in [-0.25, -0.2) is 0 Å². The number of hydrogen-bond donors (Lipinski definition) is 1. The molecule has 0 aliphatic rings. The van der Waals surface area contributed by atoms with Gasteiger partial charge in [0.05, 0.1) is 5.56 Å². The van der Waals surface area contributed by atoms with Crippen molar-refractivity contribution in [3.8, 4) is 11.5 Å². The van der Waals surface area contributed by atoms with Gasteiger partial charge < -0.3 is 15.0 Å². The number of rotatable bonds is 5. The molecule has 20 heavy (non-hydrogen) atoms. The van der Waals surface area contributed by atoms with E-state index in [0.29, 0.717) is 34.6 Å². The first kappa shape index (κ1) is 14.8. The number of benzene rings is 1. The molecule has 5 nitrogen and oxygen atoms in total. The van der Waals surface area contributed by atoms with Gasteiger partial charge in [0.1, 0.15) is 5.60 Å². The van der Waals surface area contributed by atoms with Gasteiger partial charge in [0, 0.05) is 17.3 Å². The molecule has 1 unspecified atom stereocenters. The second-order valence-corrected chi connectivity index (χ2v) is 5.11. The van der Waals surface area contributed by atoms with Crippen LogP contribution in [0.3, 0.4) is 0 Å². The van der Waals surface area contributed by atoms with E-state index in [0.717, 1.165) is 6.42 Å². The number of nitrogen functional groups attached to an aromatic ring is 1. The van der Waals surface area contributed by atoms with Gasteiger partial charge in [0.15, 0.2) is 0 Å². The molecule has 1 aromatic carbocycles. The fourth-order valence-corrected chi connectivity index (χ4v) is 2.08. The van der Waals surface area contributed by atoms with Gasteiger partial charge in [0.2, 0.25) is 5.82 Å². The van der Waals surface area contributed by atoms with Gasteiger partial charge in [-0.1, -0.05) is 23.7 Å². The monoisotopic (exact) mass is 295 g/mol. The summed E-state index contributed by atoms with van der Waals surface area (Å²) in [5.74, 6) is 0.857. The van der Waals surface area contributed by atoms with Crippen LogP contribution in [0.4, 0.5) is 5.69 Å². The zero-order chi connectivity index (χ0) is 14.8. The van der Waals surface area contributed by atoms with E-state index in [4.69, 9.17) is 26.6 Å². The Hall–Kier alpha value is -1.59. The van der Waals surface area contributed by atoms with Crippen LogP contribution in [0.1, 0.15) is 33.0 Å². The van der Waals surface area contributed by atoms with E-state index in [-0.39, 0.29) is 0 Å². The summed E-state index contributed by atoms with van der Waals surface area (Å²) >= 11 is 5.97. The van der Waals surface area contributed by atoms with E-state index in [1.807, 2.05) is 20.8 Å². The molecule has 0 amide bonds. The minimum Gasteiger partial charge on any atom is -0.398 e. The first-order chi connectivity index (χ1) is 9.50. The number of hydrogen-bond acceptors (Lipinski definition) is 5. The molecule has 0 saturated heterocycles. The Kier molecular flexibility index (Phi) is 4.30. The molecule has 6 heteroatoms. The van der Waals surface area contributed by atoms with Gasteiger partial charge in [0.25, 0.3) is 5.89 Å². The van der Waals surface area contributed by atoms with Gasteiger partial charge >= 0.3 is 0 Å². The summed E-state index contributed by atoms with van der Waals surface area (Å²) in [7, 11) is 0. The Balaban J connectivity index is 2.40. The van der Waals surface area contributed by atoms with Crippen LogP contribution in [0.2, 0.25) is 5.02 Å². The highest BCUT2D eigenvalue weighted by Crippen LogP contribution is 2.31. The first-order valence-electron chi connectivity index (χ1n) is 6.53. The standard InChI is InChI=1S/C14H18ClN3O2/c1-4-14(3,19-5-2)13-17-12(20-18-13)10-8-9(15)6-7-11(10)16/h6-8H,4-5,16H2,1-3H3. The lowest BCUT2D eigenvalue weighted by Gasteiger charge is -2.23. The SMILES string of the molecule is CCOC(C)(CC)c1noc(-c2cc(Cl)ccc2N)n1. The molecule has 0 aliphatic heterocycles. The molecule has 0 bridgehead atoms. The average Bonchev–Trinajstić information content (AvgIpc) is 2.92. The maximum Gasteiger partial charge on any atom is 0.260 e. The van der Waals surface area contributed by atoms with Crippen LogP contribution >= 0.6 is 11.6 Å². The van der Waals surface area contributed by atoms with Crippen molar-refractivity contribution >= 4 is 17.3 Å². The second kappa shape index (κ2) is 5.81. The van der Waals surface area contributed by atoms with E-state index < -0.39 is 5.60 Å². The molecule has 2 rings (SSSR count). The van der Waals surface area contributed by atoms with Crippen molar-refractivity contribution in [1.29, 1.82) is 0 Å².